The summed E-state index contributed by atoms with van der Waals surface area (Å²) < 4.78 is 14.9. The van der Waals surface area contributed by atoms with Crippen molar-refractivity contribution in [2.24, 2.45) is 0 Å². The maximum atomic E-state index is 10.6. The fourth-order valence-electron chi connectivity index (χ4n) is 1.30. The second-order valence-corrected chi connectivity index (χ2v) is 3.25. The van der Waals surface area contributed by atoms with Crippen molar-refractivity contribution >= 4 is 5.97 Å². The summed E-state index contributed by atoms with van der Waals surface area (Å²) in [6.07, 6.45) is 4.93. The highest BCUT2D eigenvalue weighted by Gasteiger charge is 2.16. The van der Waals surface area contributed by atoms with Gasteiger partial charge in [-0.1, -0.05) is 0 Å². The van der Waals surface area contributed by atoms with Gasteiger partial charge in [0.2, 0.25) is 11.8 Å². The molecule has 18 heavy (non-hydrogen) atoms. The van der Waals surface area contributed by atoms with E-state index in [1.54, 1.807) is 0 Å². The lowest BCUT2D eigenvalue weighted by atomic mass is 10.4. The number of oxazole rings is 3. The number of nitrogens with zero attached hydrogens (tertiary/aromatic N) is 3. The second-order valence-electron chi connectivity index (χ2n) is 3.25. The molecule has 1 N–H and O–H groups in total. The lowest BCUT2D eigenvalue weighted by Crippen LogP contribution is -1.95. The predicted molar refractivity (Wildman–Crippen MR) is 54.5 cm³/mol. The monoisotopic (exact) mass is 247 g/mol. The molecule has 0 aromatic carbocycles. The first-order valence-electron chi connectivity index (χ1n) is 4.77. The molecule has 0 spiro atoms. The molecule has 3 aromatic heterocycles. The van der Waals surface area contributed by atoms with Gasteiger partial charge in [-0.3, -0.25) is 0 Å². The molecule has 8 heteroatoms. The van der Waals surface area contributed by atoms with Crippen LogP contribution in [0.25, 0.3) is 23.2 Å². The van der Waals surface area contributed by atoms with Crippen LogP contribution in [0.5, 0.6) is 0 Å². The number of carbonyl (C=O) groups is 1. The van der Waals surface area contributed by atoms with Crippen molar-refractivity contribution in [2.45, 2.75) is 0 Å². The third-order valence-corrected chi connectivity index (χ3v) is 2.10. The summed E-state index contributed by atoms with van der Waals surface area (Å²) >= 11 is 0. The summed E-state index contributed by atoms with van der Waals surface area (Å²) in [5.41, 5.74) is 0.503. The first-order chi connectivity index (χ1) is 8.74. The first kappa shape index (κ1) is 10.3. The third kappa shape index (κ3) is 1.65. The van der Waals surface area contributed by atoms with E-state index in [1.165, 1.54) is 18.9 Å². The van der Waals surface area contributed by atoms with Crippen LogP contribution in [0.3, 0.4) is 0 Å². The van der Waals surface area contributed by atoms with Gasteiger partial charge < -0.3 is 18.4 Å². The van der Waals surface area contributed by atoms with Crippen molar-refractivity contribution in [2.75, 3.05) is 0 Å². The van der Waals surface area contributed by atoms with Crippen LogP contribution in [0, 0.1) is 0 Å². The molecular weight excluding hydrogens is 242 g/mol. The zero-order valence-electron chi connectivity index (χ0n) is 8.73. The van der Waals surface area contributed by atoms with Crippen LogP contribution in [0.1, 0.15) is 10.5 Å². The molecule has 3 rings (SSSR count). The van der Waals surface area contributed by atoms with Crippen molar-refractivity contribution in [3.63, 3.8) is 0 Å². The molecule has 0 bridgehead atoms. The average molecular weight is 247 g/mol. The Labute approximate surface area is 98.9 Å². The van der Waals surface area contributed by atoms with E-state index in [2.05, 4.69) is 15.0 Å². The number of aromatic nitrogens is 3. The molecule has 90 valence electrons. The molecule has 0 atom stereocenters. The van der Waals surface area contributed by atoms with Gasteiger partial charge in [0.25, 0.3) is 0 Å². The zero-order chi connectivity index (χ0) is 12.5. The van der Waals surface area contributed by atoms with E-state index < -0.39 is 5.97 Å². The largest absolute Gasteiger partial charge is 0.476 e. The Bertz CT molecular complexity index is 682. The Morgan fingerprint density at radius 3 is 2.50 bits per heavy atom. The number of carboxylic acid groups (broad SMARTS) is 1. The minimum Gasteiger partial charge on any atom is -0.476 e. The molecule has 0 aliphatic heterocycles. The maximum absolute atomic E-state index is 10.6. The summed E-state index contributed by atoms with van der Waals surface area (Å²) in [7, 11) is 0. The summed E-state index contributed by atoms with van der Waals surface area (Å²) in [6.45, 7) is 0. The minimum atomic E-state index is -1.18. The lowest BCUT2D eigenvalue weighted by Gasteiger charge is -1.84. The molecule has 0 amide bonds. The topological polar surface area (TPSA) is 115 Å². The van der Waals surface area contributed by atoms with E-state index in [0.717, 1.165) is 6.26 Å². The third-order valence-electron chi connectivity index (χ3n) is 2.10. The van der Waals surface area contributed by atoms with E-state index in [0.29, 0.717) is 5.69 Å². The van der Waals surface area contributed by atoms with Crippen molar-refractivity contribution in [3.8, 4) is 23.2 Å². The van der Waals surface area contributed by atoms with Gasteiger partial charge in [-0.2, -0.15) is 0 Å². The molecule has 0 aliphatic rings. The number of hydrogen-bond acceptors (Lipinski definition) is 7. The van der Waals surface area contributed by atoms with Gasteiger partial charge >= 0.3 is 5.97 Å². The summed E-state index contributed by atoms with van der Waals surface area (Å²) in [4.78, 5) is 22.3. The van der Waals surface area contributed by atoms with Crippen molar-refractivity contribution < 1.29 is 23.2 Å². The highest BCUT2D eigenvalue weighted by molar-refractivity contribution is 5.85. The van der Waals surface area contributed by atoms with Crippen molar-refractivity contribution in [1.29, 1.82) is 0 Å². The van der Waals surface area contributed by atoms with Gasteiger partial charge in [-0.15, -0.1) is 0 Å². The number of rotatable bonds is 3. The van der Waals surface area contributed by atoms with E-state index >= 15 is 0 Å². The normalized spacial score (nSPS) is 10.7. The summed E-state index contributed by atoms with van der Waals surface area (Å²) in [5, 5.41) is 8.71. The van der Waals surface area contributed by atoms with Gasteiger partial charge in [0, 0.05) is 0 Å². The Kier molecular flexibility index (Phi) is 2.19. The van der Waals surface area contributed by atoms with Crippen molar-refractivity contribution in [3.05, 3.63) is 30.9 Å². The van der Waals surface area contributed by atoms with Gasteiger partial charge in [-0.05, 0) is 0 Å². The van der Waals surface area contributed by atoms with E-state index in [9.17, 15) is 4.79 Å². The molecule has 0 aliphatic carbocycles. The fraction of sp³-hybridized carbons (Fsp3) is 0. The van der Waals surface area contributed by atoms with Crippen LogP contribution in [0.2, 0.25) is 0 Å². The van der Waals surface area contributed by atoms with Crippen molar-refractivity contribution in [1.82, 2.24) is 15.0 Å². The Morgan fingerprint density at radius 2 is 1.83 bits per heavy atom. The van der Waals surface area contributed by atoms with E-state index in [4.69, 9.17) is 18.4 Å². The molecule has 0 saturated carbocycles. The highest BCUT2D eigenvalue weighted by atomic mass is 16.4. The molecule has 3 heterocycles. The molecule has 8 nitrogen and oxygen atoms in total. The molecule has 0 radical (unpaired) electrons. The quantitative estimate of drug-likeness (QED) is 0.743. The molecular formula is C10H5N3O5. The van der Waals surface area contributed by atoms with Crippen LogP contribution >= 0.6 is 0 Å². The Morgan fingerprint density at radius 1 is 1.06 bits per heavy atom. The molecule has 0 saturated heterocycles. The highest BCUT2D eigenvalue weighted by Crippen LogP contribution is 2.22. The van der Waals surface area contributed by atoms with E-state index in [1.807, 2.05) is 0 Å². The average Bonchev–Trinajstić information content (AvgIpc) is 3.10. The van der Waals surface area contributed by atoms with Crippen LogP contribution in [-0.4, -0.2) is 26.0 Å². The minimum absolute atomic E-state index is 0.0610. The number of hydrogen-bond donors (Lipinski definition) is 1. The first-order valence-corrected chi connectivity index (χ1v) is 4.77. The fourth-order valence-corrected chi connectivity index (χ4v) is 1.30. The van der Waals surface area contributed by atoms with Crippen LogP contribution in [0.15, 0.2) is 38.4 Å². The molecule has 0 unspecified atom stereocenters. The SMILES string of the molecule is O=C(O)c1coc(-c2coc(-c3cocn3)n2)n1. The van der Waals surface area contributed by atoms with E-state index in [-0.39, 0.29) is 23.2 Å². The Hall–Kier alpha value is -2.90. The molecule has 0 fully saturated rings. The van der Waals surface area contributed by atoms with Gasteiger partial charge in [0.05, 0.1) is 0 Å². The van der Waals surface area contributed by atoms with Crippen LogP contribution < -0.4 is 0 Å². The second kappa shape index (κ2) is 3.84. The number of carboxylic acids is 1. The maximum Gasteiger partial charge on any atom is 0.357 e. The van der Waals surface area contributed by atoms with Gasteiger partial charge in [0.1, 0.15) is 18.8 Å². The summed E-state index contributed by atoms with van der Waals surface area (Å²) in [5.74, 6) is -0.884. The Balaban J connectivity index is 1.95. The van der Waals surface area contributed by atoms with Gasteiger partial charge in [-0.25, -0.2) is 19.7 Å². The van der Waals surface area contributed by atoms with Gasteiger partial charge in [0.15, 0.2) is 23.5 Å². The summed E-state index contributed by atoms with van der Waals surface area (Å²) in [6, 6.07) is 0. The smallest absolute Gasteiger partial charge is 0.357 e. The van der Waals surface area contributed by atoms with Crippen LogP contribution in [-0.2, 0) is 0 Å². The zero-order valence-corrected chi connectivity index (χ0v) is 8.73. The predicted octanol–water partition coefficient (Wildman–Crippen LogP) is 1.68. The molecule has 3 aromatic rings. The standard InChI is InChI=1S/C10H5N3O5/c14-10(15)7-3-18-9(13-7)6-2-17-8(12-6)5-1-16-4-11-5/h1-4H,(H,14,15). The number of aromatic carboxylic acids is 1. The van der Waals surface area contributed by atoms with Crippen LogP contribution in [0.4, 0.5) is 0 Å². The lowest BCUT2D eigenvalue weighted by molar-refractivity contribution is 0.0690.